The van der Waals surface area contributed by atoms with Gasteiger partial charge in [0.05, 0.1) is 17.5 Å². The first kappa shape index (κ1) is 29.4. The predicted octanol–water partition coefficient (Wildman–Crippen LogP) is 0.809. The Bertz CT molecular complexity index is 1250. The minimum Gasteiger partial charge on any atom is -0.508 e. The van der Waals surface area contributed by atoms with E-state index in [9.17, 15) is 19.8 Å². The Labute approximate surface area is 244 Å². The molecule has 3 aliphatic rings. The van der Waals surface area contributed by atoms with Gasteiger partial charge in [-0.25, -0.2) is 4.98 Å². The largest absolute Gasteiger partial charge is 0.508 e. The topological polar surface area (TPSA) is 146 Å². The summed E-state index contributed by atoms with van der Waals surface area (Å²) in [7, 11) is 0. The van der Waals surface area contributed by atoms with Crippen molar-refractivity contribution in [2.24, 2.45) is 0 Å². The van der Waals surface area contributed by atoms with Gasteiger partial charge in [0.1, 0.15) is 17.3 Å². The molecule has 2 fully saturated rings. The zero-order valence-corrected chi connectivity index (χ0v) is 24.7. The summed E-state index contributed by atoms with van der Waals surface area (Å²) in [6.07, 6.45) is -0.831. The quantitative estimate of drug-likeness (QED) is 0.300. The van der Waals surface area contributed by atoms with Gasteiger partial charge in [0.2, 0.25) is 11.9 Å². The van der Waals surface area contributed by atoms with Crippen molar-refractivity contribution in [3.63, 3.8) is 0 Å². The fraction of sp³-hybridized carbons (Fsp3) is 0.571. The standard InChI is InChI=1S/C28H40N8O4S/c1-17(2)34-6-8-35(9-7-34)28-32-23(11-25(33-28)31-21-14-36(15-21)18(3)37)26(40)29-13-24(39)27-30-12-20-10-22(38)5-4-19(20)16-41-27/h4-5,10-11,17,21,24,27,30,38-39H,6-9,12-16H2,1-3H3,(H,29,40)(H,31,32,33)/t24-,27+/m1/s1. The Morgan fingerprint density at radius 2 is 1.88 bits per heavy atom. The van der Waals surface area contributed by atoms with Gasteiger partial charge in [-0.05, 0) is 37.1 Å². The van der Waals surface area contributed by atoms with Crippen molar-refractivity contribution < 1.29 is 19.8 Å². The van der Waals surface area contributed by atoms with E-state index in [0.29, 0.717) is 43.2 Å². The molecule has 0 radical (unpaired) electrons. The normalized spacial score (nSPS) is 20.7. The highest BCUT2D eigenvalue weighted by atomic mass is 32.2. The van der Waals surface area contributed by atoms with Crippen LogP contribution in [0.25, 0.3) is 0 Å². The minimum atomic E-state index is -0.831. The van der Waals surface area contributed by atoms with Gasteiger partial charge in [-0.1, -0.05) is 6.07 Å². The van der Waals surface area contributed by atoms with Crippen LogP contribution in [0.4, 0.5) is 11.8 Å². The summed E-state index contributed by atoms with van der Waals surface area (Å²) in [5, 5.41) is 29.9. The predicted molar refractivity (Wildman–Crippen MR) is 159 cm³/mol. The summed E-state index contributed by atoms with van der Waals surface area (Å²) < 4.78 is 0. The number of phenols is 1. The lowest BCUT2D eigenvalue weighted by molar-refractivity contribution is -0.132. The van der Waals surface area contributed by atoms with Gasteiger partial charge < -0.3 is 30.6 Å². The second kappa shape index (κ2) is 12.8. The van der Waals surface area contributed by atoms with Crippen LogP contribution in [0.15, 0.2) is 24.3 Å². The molecule has 2 atom stereocenters. The average Bonchev–Trinajstić information content (AvgIpc) is 3.15. The number of benzene rings is 1. The van der Waals surface area contributed by atoms with Gasteiger partial charge in [0, 0.05) is 77.1 Å². The second-order valence-electron chi connectivity index (χ2n) is 11.2. The number of aromatic hydroxyl groups is 1. The molecule has 12 nitrogen and oxygen atoms in total. The van der Waals surface area contributed by atoms with Crippen molar-refractivity contribution in [3.8, 4) is 5.75 Å². The molecule has 1 aromatic carbocycles. The smallest absolute Gasteiger partial charge is 0.270 e. The van der Waals surface area contributed by atoms with E-state index in [2.05, 4.69) is 44.6 Å². The molecule has 2 aromatic rings. The average molecular weight is 585 g/mol. The maximum absolute atomic E-state index is 13.3. The third kappa shape index (κ3) is 7.21. The summed E-state index contributed by atoms with van der Waals surface area (Å²) in [5.74, 6) is 1.60. The molecule has 2 amide bonds. The van der Waals surface area contributed by atoms with Gasteiger partial charge >= 0.3 is 0 Å². The van der Waals surface area contributed by atoms with E-state index in [1.807, 2.05) is 6.07 Å². The first-order valence-electron chi connectivity index (χ1n) is 14.2. The van der Waals surface area contributed by atoms with Gasteiger partial charge in [-0.3, -0.25) is 19.8 Å². The van der Waals surface area contributed by atoms with Crippen LogP contribution in [0, 0.1) is 0 Å². The summed E-state index contributed by atoms with van der Waals surface area (Å²) in [4.78, 5) is 40.5. The van der Waals surface area contributed by atoms with E-state index in [1.54, 1.807) is 41.8 Å². The fourth-order valence-electron chi connectivity index (χ4n) is 5.25. The van der Waals surface area contributed by atoms with Crippen LogP contribution in [0.3, 0.4) is 0 Å². The lowest BCUT2D eigenvalue weighted by Gasteiger charge is -2.39. The minimum absolute atomic E-state index is 0.0384. The van der Waals surface area contributed by atoms with Gasteiger partial charge in [0.15, 0.2) is 0 Å². The van der Waals surface area contributed by atoms with Crippen LogP contribution in [0.1, 0.15) is 42.4 Å². The van der Waals surface area contributed by atoms with Crippen molar-refractivity contribution in [3.05, 3.63) is 41.1 Å². The number of hydrogen-bond donors (Lipinski definition) is 5. The first-order chi connectivity index (χ1) is 19.7. The number of aliphatic hydroxyl groups is 1. The Balaban J connectivity index is 1.23. The number of phenolic OH excluding ortho intramolecular Hbond substituents is 1. The molecule has 5 rings (SSSR count). The first-order valence-corrected chi connectivity index (χ1v) is 15.2. The number of carbonyl (C=O) groups excluding carboxylic acids is 2. The molecule has 222 valence electrons. The lowest BCUT2D eigenvalue weighted by atomic mass is 10.1. The maximum Gasteiger partial charge on any atom is 0.270 e. The number of nitrogens with zero attached hydrogens (tertiary/aromatic N) is 5. The highest BCUT2D eigenvalue weighted by Crippen LogP contribution is 2.28. The Morgan fingerprint density at radius 1 is 1.12 bits per heavy atom. The van der Waals surface area contributed by atoms with Crippen LogP contribution in [0.5, 0.6) is 5.75 Å². The van der Waals surface area contributed by atoms with E-state index in [4.69, 9.17) is 4.98 Å². The monoisotopic (exact) mass is 584 g/mol. The highest BCUT2D eigenvalue weighted by Gasteiger charge is 2.30. The number of amides is 2. The molecule has 0 spiro atoms. The van der Waals surface area contributed by atoms with Crippen molar-refractivity contribution >= 4 is 35.3 Å². The van der Waals surface area contributed by atoms with Gasteiger partial charge in [0.25, 0.3) is 5.91 Å². The Morgan fingerprint density at radius 3 is 2.59 bits per heavy atom. The fourth-order valence-corrected chi connectivity index (χ4v) is 6.41. The number of likely N-dealkylation sites (tertiary alicyclic amines) is 1. The Hall–Kier alpha value is -3.13. The van der Waals surface area contributed by atoms with Gasteiger partial charge in [-0.15, -0.1) is 11.8 Å². The molecule has 3 aliphatic heterocycles. The highest BCUT2D eigenvalue weighted by molar-refractivity contribution is 7.99. The molecule has 5 N–H and O–H groups in total. The molecular weight excluding hydrogens is 544 g/mol. The number of thioether (sulfide) groups is 1. The van der Waals surface area contributed by atoms with E-state index in [1.165, 1.54) is 0 Å². The van der Waals surface area contributed by atoms with Crippen LogP contribution in [-0.4, -0.2) is 111 Å². The van der Waals surface area contributed by atoms with E-state index >= 15 is 0 Å². The summed E-state index contributed by atoms with van der Waals surface area (Å²) in [5.41, 5.74) is 2.33. The number of nitrogens with one attached hydrogen (secondary N) is 3. The number of aromatic nitrogens is 2. The molecule has 13 heteroatoms. The summed E-state index contributed by atoms with van der Waals surface area (Å²) >= 11 is 1.56. The third-order valence-electron chi connectivity index (χ3n) is 7.88. The van der Waals surface area contributed by atoms with Crippen LogP contribution in [0.2, 0.25) is 0 Å². The molecule has 0 saturated carbocycles. The van der Waals surface area contributed by atoms with E-state index < -0.39 is 6.10 Å². The van der Waals surface area contributed by atoms with Crippen LogP contribution >= 0.6 is 11.8 Å². The summed E-state index contributed by atoms with van der Waals surface area (Å²) in [6.45, 7) is 11.0. The molecular formula is C28H40N8O4S. The molecule has 4 heterocycles. The molecule has 1 aromatic heterocycles. The number of rotatable bonds is 8. The van der Waals surface area contributed by atoms with Crippen molar-refractivity contribution in [1.29, 1.82) is 0 Å². The van der Waals surface area contributed by atoms with Crippen molar-refractivity contribution in [2.75, 3.05) is 56.0 Å². The van der Waals surface area contributed by atoms with E-state index in [0.717, 1.165) is 37.3 Å². The number of piperazine rings is 1. The molecule has 0 aliphatic carbocycles. The number of fused-ring (bicyclic) bond motifs is 1. The molecule has 41 heavy (non-hydrogen) atoms. The number of anilines is 2. The number of aliphatic hydroxyl groups excluding tert-OH is 1. The zero-order chi connectivity index (χ0) is 29.1. The van der Waals surface area contributed by atoms with Crippen molar-refractivity contribution in [2.45, 2.75) is 56.6 Å². The van der Waals surface area contributed by atoms with Crippen LogP contribution in [-0.2, 0) is 17.1 Å². The molecule has 0 bridgehead atoms. The second-order valence-corrected chi connectivity index (χ2v) is 12.3. The van der Waals surface area contributed by atoms with Crippen molar-refractivity contribution in [1.82, 2.24) is 30.4 Å². The third-order valence-corrected chi connectivity index (χ3v) is 9.19. The van der Waals surface area contributed by atoms with E-state index in [-0.39, 0.29) is 41.2 Å². The number of carbonyl (C=O) groups is 2. The molecule has 0 unspecified atom stereocenters. The number of hydrogen-bond acceptors (Lipinski definition) is 11. The lowest BCUT2D eigenvalue weighted by Crippen LogP contribution is -2.56. The SMILES string of the molecule is CC(=O)N1CC(Nc2cc(C(=O)NC[C@@H](O)[C@H]3NCc4cc(O)ccc4CS3)nc(N3CCN(C(C)C)CC3)n2)C1. The Kier molecular flexibility index (Phi) is 9.17. The maximum atomic E-state index is 13.3. The van der Waals surface area contributed by atoms with Crippen LogP contribution < -0.4 is 20.9 Å². The molecule has 2 saturated heterocycles. The zero-order valence-electron chi connectivity index (χ0n) is 23.8. The summed E-state index contributed by atoms with van der Waals surface area (Å²) in [6, 6.07) is 7.46. The van der Waals surface area contributed by atoms with Gasteiger partial charge in [-0.2, -0.15) is 4.98 Å².